The molecular formula is C38H50N4O8S2. The maximum atomic E-state index is 14.7. The molecule has 4 aliphatic rings. The number of ether oxygens (including phenoxy) is 2. The molecule has 2 aromatic rings. The summed E-state index contributed by atoms with van der Waals surface area (Å²) in [6.07, 6.45) is 5.21. The zero-order chi connectivity index (χ0) is 37.6. The van der Waals surface area contributed by atoms with Crippen LogP contribution in [-0.2, 0) is 39.5 Å². The van der Waals surface area contributed by atoms with Crippen molar-refractivity contribution in [3.8, 4) is 11.1 Å². The lowest BCUT2D eigenvalue weighted by Crippen LogP contribution is -2.60. The second-order valence-corrected chi connectivity index (χ2v) is 18.9. The number of amides is 4. The second kappa shape index (κ2) is 14.2. The Kier molecular flexibility index (Phi) is 10.4. The highest BCUT2D eigenvalue weighted by Crippen LogP contribution is 2.47. The third kappa shape index (κ3) is 7.65. The van der Waals surface area contributed by atoms with Crippen molar-refractivity contribution in [2.24, 2.45) is 11.3 Å². The number of thiophene rings is 1. The zero-order valence-corrected chi connectivity index (χ0v) is 32.2. The Morgan fingerprint density at radius 3 is 2.25 bits per heavy atom. The summed E-state index contributed by atoms with van der Waals surface area (Å²) in [5.41, 5.74) is -0.610. The van der Waals surface area contributed by atoms with Crippen molar-refractivity contribution in [3.63, 3.8) is 0 Å². The van der Waals surface area contributed by atoms with Crippen LogP contribution in [0, 0.1) is 18.3 Å². The molecule has 52 heavy (non-hydrogen) atoms. The second-order valence-electron chi connectivity index (χ2n) is 15.8. The van der Waals surface area contributed by atoms with Crippen LogP contribution in [0.1, 0.15) is 82.6 Å². The van der Waals surface area contributed by atoms with Gasteiger partial charge >= 0.3 is 6.09 Å². The summed E-state index contributed by atoms with van der Waals surface area (Å²) in [5.74, 6) is -2.48. The van der Waals surface area contributed by atoms with E-state index in [1.54, 1.807) is 11.3 Å². The maximum Gasteiger partial charge on any atom is 0.408 e. The molecular weight excluding hydrogens is 705 g/mol. The average Bonchev–Trinajstić information content (AvgIpc) is 3.91. The van der Waals surface area contributed by atoms with E-state index < -0.39 is 73.6 Å². The lowest BCUT2D eigenvalue weighted by Gasteiger charge is -2.36. The molecule has 0 bridgehead atoms. The van der Waals surface area contributed by atoms with Crippen molar-refractivity contribution in [2.45, 2.75) is 114 Å². The van der Waals surface area contributed by atoms with Gasteiger partial charge in [-0.25, -0.2) is 13.2 Å². The van der Waals surface area contributed by atoms with E-state index in [1.807, 2.05) is 52.0 Å². The van der Waals surface area contributed by atoms with E-state index in [4.69, 9.17) is 9.47 Å². The Bertz CT molecular complexity index is 1830. The van der Waals surface area contributed by atoms with Gasteiger partial charge in [0.25, 0.3) is 5.91 Å². The number of carbonyl (C=O) groups is 4. The number of likely N-dealkylation sites (tertiary alicyclic amines) is 1. The highest BCUT2D eigenvalue weighted by molar-refractivity contribution is 7.91. The fourth-order valence-corrected chi connectivity index (χ4v) is 9.59. The van der Waals surface area contributed by atoms with Crippen molar-refractivity contribution < 1.29 is 37.1 Å². The van der Waals surface area contributed by atoms with Crippen molar-refractivity contribution >= 4 is 45.2 Å². The molecule has 1 aromatic carbocycles. The highest BCUT2D eigenvalue weighted by Gasteiger charge is 2.62. The number of methoxy groups -OCH3 is 1. The van der Waals surface area contributed by atoms with Gasteiger partial charge in [0.15, 0.2) is 0 Å². The van der Waals surface area contributed by atoms with E-state index in [0.717, 1.165) is 42.4 Å². The van der Waals surface area contributed by atoms with Crippen molar-refractivity contribution in [2.75, 3.05) is 13.7 Å². The Balaban J connectivity index is 1.31. The third-order valence-electron chi connectivity index (χ3n) is 11.0. The van der Waals surface area contributed by atoms with Crippen LogP contribution in [-0.4, -0.2) is 79.8 Å². The Hall–Kier alpha value is -3.75. The van der Waals surface area contributed by atoms with Gasteiger partial charge in [0.1, 0.15) is 29.3 Å². The van der Waals surface area contributed by atoms with Gasteiger partial charge in [-0.15, -0.1) is 17.9 Å². The first-order valence-corrected chi connectivity index (χ1v) is 20.4. The predicted molar refractivity (Wildman–Crippen MR) is 198 cm³/mol. The van der Waals surface area contributed by atoms with E-state index in [9.17, 15) is 27.6 Å². The first-order valence-electron chi connectivity index (χ1n) is 18.0. The van der Waals surface area contributed by atoms with E-state index in [-0.39, 0.29) is 25.5 Å². The standard InChI is InChI=1S/C38H50N4O8S2/c1-7-26-19-38(26,34(45)41-52(47,48)29-16-17-29)40-32(43)30-20-37(49-6,27-14-12-24(13-15-27)25-18-23(2)51-21-25)22-42(30)33(44)31(36(3,4)5)39-35(46)50-28-10-8-9-11-28/h7,12-15,18,21,26,28-31H,1,8-11,16-17,19-20,22H2,2-6H3,(H,39,46)(H,40,43)(H,41,45)/t26-,30+,31-,37+,38-/m1/s1. The molecule has 5 atom stereocenters. The molecule has 1 saturated heterocycles. The summed E-state index contributed by atoms with van der Waals surface area (Å²) >= 11 is 1.66. The third-order valence-corrected chi connectivity index (χ3v) is 13.7. The van der Waals surface area contributed by atoms with Crippen LogP contribution in [0.25, 0.3) is 11.1 Å². The molecule has 6 rings (SSSR count). The van der Waals surface area contributed by atoms with Crippen LogP contribution in [0.2, 0.25) is 0 Å². The quantitative estimate of drug-likeness (QED) is 0.258. The molecule has 4 amide bonds. The Labute approximate surface area is 310 Å². The van der Waals surface area contributed by atoms with Crippen LogP contribution < -0.4 is 15.4 Å². The highest BCUT2D eigenvalue weighted by atomic mass is 32.2. The largest absolute Gasteiger partial charge is 0.446 e. The fourth-order valence-electron chi connectivity index (χ4n) is 7.52. The molecule has 14 heteroatoms. The van der Waals surface area contributed by atoms with Crippen LogP contribution in [0.15, 0.2) is 48.4 Å². The van der Waals surface area contributed by atoms with Crippen LogP contribution in [0.5, 0.6) is 0 Å². The van der Waals surface area contributed by atoms with Crippen molar-refractivity contribution in [1.29, 1.82) is 0 Å². The molecule has 12 nitrogen and oxygen atoms in total. The summed E-state index contributed by atoms with van der Waals surface area (Å²) in [4.78, 5) is 58.5. The zero-order valence-electron chi connectivity index (χ0n) is 30.5. The molecule has 2 heterocycles. The summed E-state index contributed by atoms with van der Waals surface area (Å²) in [5, 5.41) is 7.10. The average molecular weight is 755 g/mol. The van der Waals surface area contributed by atoms with E-state index in [2.05, 4.69) is 33.4 Å². The molecule has 1 aromatic heterocycles. The first-order chi connectivity index (χ1) is 24.5. The monoisotopic (exact) mass is 754 g/mol. The molecule has 3 saturated carbocycles. The lowest BCUT2D eigenvalue weighted by atomic mass is 9.85. The number of benzene rings is 1. The molecule has 4 fully saturated rings. The number of carbonyl (C=O) groups excluding carboxylic acids is 4. The molecule has 0 unspecified atom stereocenters. The summed E-state index contributed by atoms with van der Waals surface area (Å²) in [7, 11) is -2.36. The number of aryl methyl sites for hydroxylation is 1. The predicted octanol–water partition coefficient (Wildman–Crippen LogP) is 4.92. The van der Waals surface area contributed by atoms with E-state index in [1.165, 1.54) is 23.0 Å². The van der Waals surface area contributed by atoms with Gasteiger partial charge in [-0.05, 0) is 85.4 Å². The van der Waals surface area contributed by atoms with Crippen LogP contribution in [0.3, 0.4) is 0 Å². The summed E-state index contributed by atoms with van der Waals surface area (Å²) in [6.45, 7) is 11.3. The normalized spacial score (nSPS) is 26.8. The minimum Gasteiger partial charge on any atom is -0.446 e. The number of rotatable bonds is 12. The van der Waals surface area contributed by atoms with Crippen LogP contribution in [0.4, 0.5) is 4.79 Å². The van der Waals surface area contributed by atoms with E-state index >= 15 is 0 Å². The van der Waals surface area contributed by atoms with Gasteiger partial charge in [-0.1, -0.05) is 51.1 Å². The van der Waals surface area contributed by atoms with Gasteiger partial charge in [0, 0.05) is 24.3 Å². The van der Waals surface area contributed by atoms with Crippen LogP contribution >= 0.6 is 11.3 Å². The number of sulfonamides is 1. The molecule has 282 valence electrons. The van der Waals surface area contributed by atoms with Crippen molar-refractivity contribution in [1.82, 2.24) is 20.3 Å². The van der Waals surface area contributed by atoms with Gasteiger partial charge in [-0.3, -0.25) is 19.1 Å². The number of nitrogens with zero attached hydrogens (tertiary/aromatic N) is 1. The minimum absolute atomic E-state index is 0.0244. The number of hydrogen-bond acceptors (Lipinski definition) is 9. The summed E-state index contributed by atoms with van der Waals surface area (Å²) < 4.78 is 39.5. The number of nitrogens with one attached hydrogen (secondary N) is 3. The molecule has 3 aliphatic carbocycles. The maximum absolute atomic E-state index is 14.7. The lowest BCUT2D eigenvalue weighted by molar-refractivity contribution is -0.143. The smallest absolute Gasteiger partial charge is 0.408 e. The number of hydrogen-bond donors (Lipinski definition) is 3. The van der Waals surface area contributed by atoms with Gasteiger partial charge < -0.3 is 25.0 Å². The summed E-state index contributed by atoms with van der Waals surface area (Å²) in [6, 6.07) is 7.72. The minimum atomic E-state index is -3.89. The Morgan fingerprint density at radius 2 is 1.71 bits per heavy atom. The number of alkyl carbamates (subject to hydrolysis) is 1. The fraction of sp³-hybridized carbons (Fsp3) is 0.579. The Morgan fingerprint density at radius 1 is 1.04 bits per heavy atom. The van der Waals surface area contributed by atoms with Gasteiger partial charge in [0.2, 0.25) is 21.8 Å². The molecule has 1 aliphatic heterocycles. The van der Waals surface area contributed by atoms with E-state index in [0.29, 0.717) is 12.8 Å². The van der Waals surface area contributed by atoms with Gasteiger partial charge in [0.05, 0.1) is 11.8 Å². The molecule has 3 N–H and O–H groups in total. The topological polar surface area (TPSA) is 160 Å². The first kappa shape index (κ1) is 38.0. The molecule has 0 radical (unpaired) electrons. The SMILES string of the molecule is C=C[C@@H]1C[C@]1(NC(=O)[C@@H]1C[C@@](OC)(c2ccc(-c3csc(C)c3)cc2)CN1C(=O)[C@@H](NC(=O)OC1CCCC1)C(C)(C)C)C(=O)NS(=O)(=O)C1CC1. The van der Waals surface area contributed by atoms with Gasteiger partial charge in [-0.2, -0.15) is 0 Å². The molecule has 0 spiro atoms. The van der Waals surface area contributed by atoms with Crippen molar-refractivity contribution in [3.05, 3.63) is 58.8 Å².